The third-order valence-electron chi connectivity index (χ3n) is 7.12. The van der Waals surface area contributed by atoms with Crippen molar-refractivity contribution in [3.63, 3.8) is 0 Å². The molecule has 10 nitrogen and oxygen atoms in total. The van der Waals surface area contributed by atoms with Crippen LogP contribution in [0.15, 0.2) is 47.9 Å². The zero-order chi connectivity index (χ0) is 25.7. The predicted molar refractivity (Wildman–Crippen MR) is 141 cm³/mol. The molecular weight excluding hydrogens is 490 g/mol. The van der Waals surface area contributed by atoms with E-state index in [0.717, 1.165) is 34.2 Å². The molecule has 6 rings (SSSR count). The van der Waals surface area contributed by atoms with Gasteiger partial charge in [-0.3, -0.25) is 0 Å². The third-order valence-corrected chi connectivity index (χ3v) is 9.00. The number of benzene rings is 1. The van der Waals surface area contributed by atoms with E-state index in [1.165, 1.54) is 6.33 Å². The first-order valence-corrected chi connectivity index (χ1v) is 14.1. The molecule has 1 saturated heterocycles. The van der Waals surface area contributed by atoms with E-state index in [1.54, 1.807) is 12.4 Å². The number of sulfone groups is 1. The molecule has 0 spiro atoms. The third kappa shape index (κ3) is 4.42. The van der Waals surface area contributed by atoms with Gasteiger partial charge in [0.15, 0.2) is 9.84 Å². The number of β-amino-alcohol motifs (C(OH)–C–C–N with tert-alkyl or cyclic N) is 1. The highest BCUT2D eigenvalue weighted by atomic mass is 32.2. The highest BCUT2D eigenvalue weighted by Crippen LogP contribution is 2.34. The lowest BCUT2D eigenvalue weighted by Crippen LogP contribution is -2.51. The molecule has 0 radical (unpaired) electrons. The highest BCUT2D eigenvalue weighted by molar-refractivity contribution is 7.91. The fourth-order valence-electron chi connectivity index (χ4n) is 5.06. The second kappa shape index (κ2) is 9.07. The van der Waals surface area contributed by atoms with E-state index in [2.05, 4.69) is 44.1 Å². The second-order valence-electron chi connectivity index (χ2n) is 10.2. The van der Waals surface area contributed by atoms with Crippen LogP contribution in [0.4, 0.5) is 11.8 Å². The summed E-state index contributed by atoms with van der Waals surface area (Å²) in [5.74, 6) is 1.64. The molecule has 0 bridgehead atoms. The Morgan fingerprint density at radius 1 is 1.11 bits per heavy atom. The van der Waals surface area contributed by atoms with Crippen LogP contribution in [-0.2, 0) is 16.3 Å². The average Bonchev–Trinajstić information content (AvgIpc) is 3.30. The van der Waals surface area contributed by atoms with Crippen molar-refractivity contribution < 1.29 is 13.5 Å². The van der Waals surface area contributed by atoms with Gasteiger partial charge in [-0.2, -0.15) is 0 Å². The van der Waals surface area contributed by atoms with Gasteiger partial charge in [-0.15, -0.1) is 0 Å². The fraction of sp³-hybridized carbons (Fsp3) is 0.385. The maximum atomic E-state index is 12.7. The number of aliphatic hydroxyl groups is 1. The van der Waals surface area contributed by atoms with Gasteiger partial charge in [0.1, 0.15) is 17.8 Å². The van der Waals surface area contributed by atoms with Crippen molar-refractivity contribution in [2.45, 2.75) is 43.7 Å². The molecule has 1 fully saturated rings. The minimum Gasteiger partial charge on any atom is -0.389 e. The van der Waals surface area contributed by atoms with E-state index in [-0.39, 0.29) is 23.8 Å². The lowest BCUT2D eigenvalue weighted by Gasteiger charge is -2.35. The maximum Gasteiger partial charge on any atom is 0.225 e. The molecule has 3 N–H and O–H groups in total. The van der Waals surface area contributed by atoms with Gasteiger partial charge in [-0.05, 0) is 42.0 Å². The number of hydrogen-bond donors (Lipinski definition) is 3. The molecule has 0 aliphatic carbocycles. The Morgan fingerprint density at radius 2 is 1.89 bits per heavy atom. The van der Waals surface area contributed by atoms with Crippen LogP contribution in [-0.4, -0.2) is 63.4 Å². The first-order valence-electron chi connectivity index (χ1n) is 12.5. The van der Waals surface area contributed by atoms with Crippen LogP contribution in [0.2, 0.25) is 0 Å². The fourth-order valence-corrected chi connectivity index (χ4v) is 6.69. The van der Waals surface area contributed by atoms with Crippen molar-refractivity contribution >= 4 is 32.6 Å². The number of aliphatic hydroxyl groups excluding tert-OH is 1. The van der Waals surface area contributed by atoms with Crippen LogP contribution >= 0.6 is 0 Å². The zero-order valence-electron chi connectivity index (χ0n) is 20.7. The monoisotopic (exact) mass is 519 g/mol. The average molecular weight is 520 g/mol. The number of nitrogens with one attached hydrogen (secondary N) is 2. The van der Waals surface area contributed by atoms with Crippen LogP contribution in [0.25, 0.3) is 22.3 Å². The van der Waals surface area contributed by atoms with Gasteiger partial charge in [0.05, 0.1) is 33.9 Å². The Kier molecular flexibility index (Phi) is 5.84. The number of rotatable bonds is 6. The van der Waals surface area contributed by atoms with E-state index in [9.17, 15) is 13.5 Å². The largest absolute Gasteiger partial charge is 0.389 e. The highest BCUT2D eigenvalue weighted by Gasteiger charge is 2.28. The second-order valence-corrected chi connectivity index (χ2v) is 12.2. The van der Waals surface area contributed by atoms with Gasteiger partial charge >= 0.3 is 0 Å². The Bertz CT molecular complexity index is 1560. The van der Waals surface area contributed by atoms with Crippen LogP contribution in [0.1, 0.15) is 37.4 Å². The Hall–Kier alpha value is -3.57. The van der Waals surface area contributed by atoms with Gasteiger partial charge in [0, 0.05) is 31.0 Å². The van der Waals surface area contributed by atoms with Crippen LogP contribution in [0.5, 0.6) is 0 Å². The molecule has 2 aliphatic heterocycles. The summed E-state index contributed by atoms with van der Waals surface area (Å²) in [7, 11) is -3.25. The molecule has 37 heavy (non-hydrogen) atoms. The lowest BCUT2D eigenvalue weighted by atomic mass is 9.94. The summed E-state index contributed by atoms with van der Waals surface area (Å²) >= 11 is 0. The minimum atomic E-state index is -3.25. The van der Waals surface area contributed by atoms with Crippen molar-refractivity contribution in [3.8, 4) is 11.3 Å². The summed E-state index contributed by atoms with van der Waals surface area (Å²) in [5, 5.41) is 13.9. The minimum absolute atomic E-state index is 0.145. The van der Waals surface area contributed by atoms with Crippen molar-refractivity contribution in [2.24, 2.45) is 5.92 Å². The Labute approximate surface area is 215 Å². The Balaban J connectivity index is 1.31. The van der Waals surface area contributed by atoms with Gasteiger partial charge in [-0.25, -0.2) is 28.4 Å². The molecular formula is C26H29N7O3S. The van der Waals surface area contributed by atoms with Crippen LogP contribution < -0.4 is 10.2 Å². The van der Waals surface area contributed by atoms with Gasteiger partial charge in [0.25, 0.3) is 0 Å². The van der Waals surface area contributed by atoms with Gasteiger partial charge in [0.2, 0.25) is 5.95 Å². The number of hydrogen-bond acceptors (Lipinski definition) is 9. The molecule has 0 unspecified atom stereocenters. The van der Waals surface area contributed by atoms with Crippen molar-refractivity contribution in [1.82, 2.24) is 24.9 Å². The van der Waals surface area contributed by atoms with Gasteiger partial charge < -0.3 is 20.3 Å². The molecule has 4 aromatic rings. The summed E-state index contributed by atoms with van der Waals surface area (Å²) in [6.45, 7) is 5.29. The summed E-state index contributed by atoms with van der Waals surface area (Å²) < 4.78 is 25.4. The summed E-state index contributed by atoms with van der Waals surface area (Å²) in [5.41, 5.74) is 4.12. The quantitative estimate of drug-likeness (QED) is 0.351. The number of H-pyrrole nitrogens is 1. The molecule has 3 aromatic heterocycles. The van der Waals surface area contributed by atoms with E-state index in [0.29, 0.717) is 41.8 Å². The molecule has 11 heteroatoms. The number of nitrogens with zero attached hydrogens (tertiary/aromatic N) is 5. The molecule has 1 aromatic carbocycles. The SMILES string of the molecule is CC(C)[C@@H](Nc1ncnc2[nH]c(-c3cnc(N4CC(O)C4)nc3)cc12)c1ccc2c(c1)S(=O)(=O)CCC2. The zero-order valence-corrected chi connectivity index (χ0v) is 21.5. The van der Waals surface area contributed by atoms with Crippen LogP contribution in [0, 0.1) is 5.92 Å². The first-order chi connectivity index (χ1) is 17.8. The molecule has 5 heterocycles. The molecule has 0 amide bonds. The molecule has 0 saturated carbocycles. The topological polar surface area (TPSA) is 137 Å². The van der Waals surface area contributed by atoms with Gasteiger partial charge in [-0.1, -0.05) is 26.0 Å². The van der Waals surface area contributed by atoms with Crippen molar-refractivity contribution in [2.75, 3.05) is 29.1 Å². The molecule has 1 atom stereocenters. The molecule has 2 aliphatic rings. The smallest absolute Gasteiger partial charge is 0.225 e. The van der Waals surface area contributed by atoms with E-state index in [1.807, 2.05) is 29.2 Å². The maximum absolute atomic E-state index is 12.7. The number of aryl methyl sites for hydroxylation is 1. The van der Waals surface area contributed by atoms with Crippen molar-refractivity contribution in [1.29, 1.82) is 0 Å². The normalized spacial score (nSPS) is 18.0. The number of aromatic amines is 1. The predicted octanol–water partition coefficient (Wildman–Crippen LogP) is 3.12. The standard InChI is InChI=1S/C26H29N7O3S/c1-15(2)23(17-6-5-16-4-3-7-37(35,36)22(16)8-17)32-25-20-9-21(31-24(20)29-14-30-25)18-10-27-26(28-11-18)33-12-19(34)13-33/h5-6,8-11,14-15,19,23,34H,3-4,7,12-13H2,1-2H3,(H2,29,30,31,32)/t23-/m1/s1. The van der Waals surface area contributed by atoms with E-state index < -0.39 is 9.84 Å². The lowest BCUT2D eigenvalue weighted by molar-refractivity contribution is 0.140. The van der Waals surface area contributed by atoms with E-state index >= 15 is 0 Å². The summed E-state index contributed by atoms with van der Waals surface area (Å²) in [4.78, 5) is 23.5. The molecule has 192 valence electrons. The number of anilines is 2. The Morgan fingerprint density at radius 3 is 2.62 bits per heavy atom. The first kappa shape index (κ1) is 23.8. The van der Waals surface area contributed by atoms with E-state index in [4.69, 9.17) is 0 Å². The number of fused-ring (bicyclic) bond motifs is 2. The van der Waals surface area contributed by atoms with Crippen molar-refractivity contribution in [3.05, 3.63) is 54.1 Å². The summed E-state index contributed by atoms with van der Waals surface area (Å²) in [6.07, 6.45) is 6.16. The van der Waals surface area contributed by atoms with Crippen LogP contribution in [0.3, 0.4) is 0 Å². The summed E-state index contributed by atoms with van der Waals surface area (Å²) in [6, 6.07) is 7.63. The number of aromatic nitrogens is 5.